The highest BCUT2D eigenvalue weighted by Crippen LogP contribution is 2.18. The summed E-state index contributed by atoms with van der Waals surface area (Å²) in [5, 5.41) is 3.52. The van der Waals surface area contributed by atoms with E-state index >= 15 is 0 Å². The predicted octanol–water partition coefficient (Wildman–Crippen LogP) is 17.7. The van der Waals surface area contributed by atoms with E-state index in [2.05, 4.69) is 42.6 Å². The molecule has 0 saturated carbocycles. The van der Waals surface area contributed by atoms with Crippen LogP contribution in [0.15, 0.2) is 30.3 Å². The molecular weight excluding hydrogens is 591 g/mol. The van der Waals surface area contributed by atoms with Gasteiger partial charge in [0, 0.05) is 12.2 Å². The SMILES string of the molecule is CCCCCCCCCCCCCCCCCCCCCCCCCCCCCCCCCCCCCCCCCCNc1ccccc1. The molecule has 49 heavy (non-hydrogen) atoms. The minimum absolute atomic E-state index is 1.11. The van der Waals surface area contributed by atoms with Crippen molar-refractivity contribution < 1.29 is 0 Å². The number of anilines is 1. The molecule has 1 N–H and O–H groups in total. The molecule has 0 spiro atoms. The fraction of sp³-hybridized carbons (Fsp3) is 0.875. The van der Waals surface area contributed by atoms with Gasteiger partial charge in [-0.15, -0.1) is 0 Å². The van der Waals surface area contributed by atoms with Crippen molar-refractivity contribution in [2.45, 2.75) is 264 Å². The van der Waals surface area contributed by atoms with Crippen molar-refractivity contribution in [3.05, 3.63) is 30.3 Å². The molecule has 1 heteroatoms. The molecule has 0 bridgehead atoms. The third-order valence-electron chi connectivity index (χ3n) is 11.1. The van der Waals surface area contributed by atoms with Gasteiger partial charge in [-0.1, -0.05) is 276 Å². The second kappa shape index (κ2) is 41.4. The first-order chi connectivity index (χ1) is 24.4. The van der Waals surface area contributed by atoms with Crippen LogP contribution in [0.4, 0.5) is 5.69 Å². The maximum Gasteiger partial charge on any atom is 0.0340 e. The zero-order valence-corrected chi connectivity index (χ0v) is 33.9. The van der Waals surface area contributed by atoms with Crippen LogP contribution in [0.1, 0.15) is 264 Å². The Balaban J connectivity index is 1.60. The molecule has 0 aromatic heterocycles. The summed E-state index contributed by atoms with van der Waals surface area (Å²) in [6.45, 7) is 3.43. The average molecular weight is 682 g/mol. The van der Waals surface area contributed by atoms with Gasteiger partial charge in [-0.25, -0.2) is 0 Å². The number of hydrogen-bond acceptors (Lipinski definition) is 1. The third kappa shape index (κ3) is 38.1. The number of hydrogen-bond donors (Lipinski definition) is 1. The van der Waals surface area contributed by atoms with E-state index in [0.717, 1.165) is 6.54 Å². The molecule has 1 nitrogen and oxygen atoms in total. The van der Waals surface area contributed by atoms with Crippen LogP contribution in [0.3, 0.4) is 0 Å². The number of nitrogens with one attached hydrogen (secondary N) is 1. The Kier molecular flexibility index (Phi) is 38.9. The quantitative estimate of drug-likeness (QED) is 0.0677. The first kappa shape index (κ1) is 46.0. The Morgan fingerprint density at radius 2 is 0.469 bits per heavy atom. The molecule has 1 aromatic rings. The summed E-state index contributed by atoms with van der Waals surface area (Å²) in [5.74, 6) is 0. The molecule has 0 aliphatic heterocycles. The Hall–Kier alpha value is -0.980. The Morgan fingerprint density at radius 3 is 0.694 bits per heavy atom. The lowest BCUT2D eigenvalue weighted by Gasteiger charge is -2.06. The van der Waals surface area contributed by atoms with E-state index in [9.17, 15) is 0 Å². The molecule has 0 heterocycles. The molecular formula is C48H91N. The van der Waals surface area contributed by atoms with Crippen LogP contribution in [0.5, 0.6) is 0 Å². The van der Waals surface area contributed by atoms with E-state index in [4.69, 9.17) is 0 Å². The van der Waals surface area contributed by atoms with Gasteiger partial charge in [0.05, 0.1) is 0 Å². The van der Waals surface area contributed by atoms with Crippen molar-refractivity contribution in [1.82, 2.24) is 0 Å². The zero-order chi connectivity index (χ0) is 34.8. The highest BCUT2D eigenvalue weighted by Gasteiger charge is 1.98. The standard InChI is InChI=1S/C48H91N/c1-2-3-4-5-6-7-8-9-10-11-12-13-14-15-16-17-18-19-20-21-22-23-24-25-26-27-28-29-30-31-32-33-34-35-36-37-38-39-40-44-47-49-48-45-42-41-43-46-48/h41-43,45-46,49H,2-40,44,47H2,1H3. The molecule has 1 rings (SSSR count). The predicted molar refractivity (Wildman–Crippen MR) is 225 cm³/mol. The second-order valence-corrected chi connectivity index (χ2v) is 16.1. The molecule has 0 aliphatic carbocycles. The largest absolute Gasteiger partial charge is 0.385 e. The lowest BCUT2D eigenvalue weighted by molar-refractivity contribution is 0.509. The maximum atomic E-state index is 3.52. The number of rotatable bonds is 42. The van der Waals surface area contributed by atoms with Crippen molar-refractivity contribution in [3.63, 3.8) is 0 Å². The topological polar surface area (TPSA) is 12.0 Å². The van der Waals surface area contributed by atoms with E-state index < -0.39 is 0 Å². The first-order valence-corrected chi connectivity index (χ1v) is 23.2. The van der Waals surface area contributed by atoms with Gasteiger partial charge in [0.25, 0.3) is 0 Å². The van der Waals surface area contributed by atoms with Crippen LogP contribution in [-0.4, -0.2) is 6.54 Å². The number of unbranched alkanes of at least 4 members (excludes halogenated alkanes) is 39. The van der Waals surface area contributed by atoms with Crippen molar-refractivity contribution in [2.75, 3.05) is 11.9 Å². The van der Waals surface area contributed by atoms with Crippen LogP contribution in [-0.2, 0) is 0 Å². The summed E-state index contributed by atoms with van der Waals surface area (Å²) in [7, 11) is 0. The highest BCUT2D eigenvalue weighted by molar-refractivity contribution is 5.42. The van der Waals surface area contributed by atoms with E-state index in [1.54, 1.807) is 0 Å². The molecule has 0 unspecified atom stereocenters. The summed E-state index contributed by atoms with van der Waals surface area (Å²) in [6.07, 6.45) is 58.9. The molecule has 0 saturated heterocycles. The van der Waals surface area contributed by atoms with Gasteiger partial charge >= 0.3 is 0 Å². The summed E-state index contributed by atoms with van der Waals surface area (Å²) in [5.41, 5.74) is 1.26. The maximum absolute atomic E-state index is 3.52. The van der Waals surface area contributed by atoms with Crippen molar-refractivity contribution in [3.8, 4) is 0 Å². The van der Waals surface area contributed by atoms with Gasteiger partial charge in [-0.3, -0.25) is 0 Å². The summed E-state index contributed by atoms with van der Waals surface area (Å²) in [4.78, 5) is 0. The van der Waals surface area contributed by atoms with Crippen LogP contribution >= 0.6 is 0 Å². The lowest BCUT2D eigenvalue weighted by Crippen LogP contribution is -2.00. The molecule has 0 aliphatic rings. The van der Waals surface area contributed by atoms with Crippen molar-refractivity contribution >= 4 is 5.69 Å². The number of benzene rings is 1. The van der Waals surface area contributed by atoms with Crippen LogP contribution in [0.25, 0.3) is 0 Å². The molecule has 0 fully saturated rings. The molecule has 288 valence electrons. The minimum Gasteiger partial charge on any atom is -0.385 e. The number of para-hydroxylation sites is 1. The van der Waals surface area contributed by atoms with Crippen LogP contribution < -0.4 is 5.32 Å². The summed E-state index contributed by atoms with van der Waals surface area (Å²) < 4.78 is 0. The van der Waals surface area contributed by atoms with Gasteiger partial charge in [-0.05, 0) is 18.6 Å². The Bertz CT molecular complexity index is 698. The highest BCUT2D eigenvalue weighted by atomic mass is 14.9. The normalized spacial score (nSPS) is 11.4. The summed E-state index contributed by atoms with van der Waals surface area (Å²) in [6, 6.07) is 10.6. The van der Waals surface area contributed by atoms with E-state index in [0.29, 0.717) is 0 Å². The second-order valence-electron chi connectivity index (χ2n) is 16.1. The van der Waals surface area contributed by atoms with Gasteiger partial charge in [0.15, 0.2) is 0 Å². The lowest BCUT2D eigenvalue weighted by atomic mass is 10.0. The van der Waals surface area contributed by atoms with Gasteiger partial charge < -0.3 is 5.32 Å². The molecule has 1 aromatic carbocycles. The van der Waals surface area contributed by atoms with E-state index in [1.165, 1.54) is 263 Å². The fourth-order valence-corrected chi connectivity index (χ4v) is 7.70. The van der Waals surface area contributed by atoms with E-state index in [1.807, 2.05) is 0 Å². The van der Waals surface area contributed by atoms with Gasteiger partial charge in [0.2, 0.25) is 0 Å². The molecule has 0 atom stereocenters. The van der Waals surface area contributed by atoms with Gasteiger partial charge in [-0.2, -0.15) is 0 Å². The third-order valence-corrected chi connectivity index (χ3v) is 11.1. The first-order valence-electron chi connectivity index (χ1n) is 23.2. The zero-order valence-electron chi connectivity index (χ0n) is 33.9. The monoisotopic (exact) mass is 682 g/mol. The van der Waals surface area contributed by atoms with Crippen LogP contribution in [0.2, 0.25) is 0 Å². The summed E-state index contributed by atoms with van der Waals surface area (Å²) >= 11 is 0. The molecule has 0 radical (unpaired) electrons. The Labute approximate surface area is 310 Å². The van der Waals surface area contributed by atoms with Gasteiger partial charge in [0.1, 0.15) is 0 Å². The van der Waals surface area contributed by atoms with Crippen molar-refractivity contribution in [1.29, 1.82) is 0 Å². The smallest absolute Gasteiger partial charge is 0.0340 e. The average Bonchev–Trinajstić information content (AvgIpc) is 3.12. The van der Waals surface area contributed by atoms with E-state index in [-0.39, 0.29) is 0 Å². The Morgan fingerprint density at radius 1 is 0.265 bits per heavy atom. The van der Waals surface area contributed by atoms with Crippen LogP contribution in [0, 0.1) is 0 Å². The molecule has 0 amide bonds. The minimum atomic E-state index is 1.11. The van der Waals surface area contributed by atoms with Crippen molar-refractivity contribution in [2.24, 2.45) is 0 Å². The fourth-order valence-electron chi connectivity index (χ4n) is 7.70.